The van der Waals surface area contributed by atoms with Gasteiger partial charge in [-0.1, -0.05) is 62.4 Å². The molecular formula is C25H29NO2. The van der Waals surface area contributed by atoms with Gasteiger partial charge in [-0.05, 0) is 54.7 Å². The minimum Gasteiger partial charge on any atom is -0.481 e. The lowest BCUT2D eigenvalue weighted by Gasteiger charge is -2.39. The van der Waals surface area contributed by atoms with Crippen molar-refractivity contribution in [1.29, 1.82) is 0 Å². The van der Waals surface area contributed by atoms with E-state index in [1.54, 1.807) is 0 Å². The van der Waals surface area contributed by atoms with Crippen LogP contribution in [0.1, 0.15) is 67.8 Å². The van der Waals surface area contributed by atoms with Crippen LogP contribution in [0.25, 0.3) is 10.9 Å². The summed E-state index contributed by atoms with van der Waals surface area (Å²) in [5.74, 6) is -0.282. The molecule has 3 nitrogen and oxygen atoms in total. The Hall–Kier alpha value is -2.55. The topological polar surface area (TPSA) is 53.1 Å². The molecule has 3 aromatic rings. The highest BCUT2D eigenvalue weighted by Gasteiger charge is 2.42. The van der Waals surface area contributed by atoms with Crippen LogP contribution in [0.3, 0.4) is 0 Å². The second kappa shape index (κ2) is 7.46. The summed E-state index contributed by atoms with van der Waals surface area (Å²) >= 11 is 0. The van der Waals surface area contributed by atoms with Crippen molar-refractivity contribution >= 4 is 16.9 Å². The molecule has 2 N–H and O–H groups in total. The third-order valence-corrected chi connectivity index (χ3v) is 6.74. The molecule has 0 radical (unpaired) electrons. The average molecular weight is 376 g/mol. The number of hydrogen-bond acceptors (Lipinski definition) is 1. The van der Waals surface area contributed by atoms with Crippen molar-refractivity contribution < 1.29 is 9.90 Å². The van der Waals surface area contributed by atoms with Crippen molar-refractivity contribution in [3.05, 3.63) is 70.9 Å². The van der Waals surface area contributed by atoms with Crippen LogP contribution in [0.2, 0.25) is 0 Å². The smallest absolute Gasteiger partial charge is 0.304 e. The molecule has 1 aromatic heterocycles. The summed E-state index contributed by atoms with van der Waals surface area (Å²) in [7, 11) is 0. The van der Waals surface area contributed by atoms with Crippen molar-refractivity contribution in [1.82, 2.24) is 4.98 Å². The second-order valence-corrected chi connectivity index (χ2v) is 8.24. The van der Waals surface area contributed by atoms with E-state index < -0.39 is 5.97 Å². The van der Waals surface area contributed by atoms with Crippen molar-refractivity contribution in [2.24, 2.45) is 0 Å². The lowest BCUT2D eigenvalue weighted by atomic mass is 9.65. The molecule has 0 spiro atoms. The predicted octanol–water partition coefficient (Wildman–Crippen LogP) is 5.97. The zero-order valence-corrected chi connectivity index (χ0v) is 16.8. The number of aromatic nitrogens is 1. The Morgan fingerprint density at radius 1 is 1.14 bits per heavy atom. The maximum atomic E-state index is 11.7. The maximum Gasteiger partial charge on any atom is 0.304 e. The second-order valence-electron chi connectivity index (χ2n) is 8.24. The number of hydrogen-bond donors (Lipinski definition) is 2. The van der Waals surface area contributed by atoms with Crippen molar-refractivity contribution in [2.45, 2.75) is 63.7 Å². The van der Waals surface area contributed by atoms with Gasteiger partial charge in [0.1, 0.15) is 0 Å². The number of fused-ring (bicyclic) bond motifs is 3. The van der Waals surface area contributed by atoms with Crippen LogP contribution >= 0.6 is 0 Å². The minimum absolute atomic E-state index is 0.197. The highest BCUT2D eigenvalue weighted by Crippen LogP contribution is 2.50. The number of carboxylic acid groups (broad SMARTS) is 1. The van der Waals surface area contributed by atoms with Crippen LogP contribution in [-0.2, 0) is 23.1 Å². The van der Waals surface area contributed by atoms with Crippen LogP contribution < -0.4 is 0 Å². The minimum atomic E-state index is -0.705. The first-order valence-corrected chi connectivity index (χ1v) is 10.5. The van der Waals surface area contributed by atoms with E-state index in [4.69, 9.17) is 0 Å². The van der Waals surface area contributed by atoms with Crippen LogP contribution in [0.4, 0.5) is 0 Å². The third kappa shape index (κ3) is 3.13. The lowest BCUT2D eigenvalue weighted by Crippen LogP contribution is -2.34. The van der Waals surface area contributed by atoms with Gasteiger partial charge in [-0.15, -0.1) is 0 Å². The first-order valence-electron chi connectivity index (χ1n) is 10.5. The Morgan fingerprint density at radius 3 is 2.61 bits per heavy atom. The first kappa shape index (κ1) is 18.8. The molecule has 0 saturated carbocycles. The fourth-order valence-corrected chi connectivity index (χ4v) is 5.20. The number of para-hydroxylation sites is 1. The summed E-state index contributed by atoms with van der Waals surface area (Å²) in [4.78, 5) is 15.5. The fraction of sp³-hybridized carbons (Fsp3) is 0.400. The normalized spacial score (nSPS) is 21.6. The van der Waals surface area contributed by atoms with Gasteiger partial charge in [-0.3, -0.25) is 4.79 Å². The number of H-pyrrole nitrogens is 1. The van der Waals surface area contributed by atoms with Crippen molar-refractivity contribution in [3.63, 3.8) is 0 Å². The van der Waals surface area contributed by atoms with Gasteiger partial charge in [0.2, 0.25) is 0 Å². The van der Waals surface area contributed by atoms with Gasteiger partial charge in [0, 0.05) is 22.0 Å². The molecular weight excluding hydrogens is 346 g/mol. The summed E-state index contributed by atoms with van der Waals surface area (Å²) < 4.78 is 0. The third-order valence-electron chi connectivity index (χ3n) is 6.74. The van der Waals surface area contributed by atoms with Crippen molar-refractivity contribution in [3.8, 4) is 0 Å². The first-order chi connectivity index (χ1) is 13.6. The molecule has 1 heterocycles. The van der Waals surface area contributed by atoms with Crippen LogP contribution in [0, 0.1) is 0 Å². The highest BCUT2D eigenvalue weighted by molar-refractivity contribution is 5.89. The van der Waals surface area contributed by atoms with Crippen LogP contribution in [0.15, 0.2) is 48.5 Å². The maximum absolute atomic E-state index is 11.7. The Morgan fingerprint density at radius 2 is 1.93 bits per heavy atom. The zero-order valence-electron chi connectivity index (χ0n) is 16.8. The number of carbonyl (C=O) groups is 1. The standard InChI is InChI=1S/C25H29NO2/c1-3-18-11-8-12-20-22-19(15-17-9-6-5-7-10-17)13-14-25(4-2,16-21(27)28)24(22)26-23(18)20/h5-12,19,26H,3-4,13-16H2,1-2H3,(H,27,28)/t19-,25?/m0/s1. The fourth-order valence-electron chi connectivity index (χ4n) is 5.20. The number of rotatable bonds is 6. The number of aryl methyl sites for hydroxylation is 1. The van der Waals surface area contributed by atoms with Crippen LogP contribution in [-0.4, -0.2) is 16.1 Å². The lowest BCUT2D eigenvalue weighted by molar-refractivity contribution is -0.138. The molecule has 0 saturated heterocycles. The van der Waals surface area contributed by atoms with E-state index >= 15 is 0 Å². The highest BCUT2D eigenvalue weighted by atomic mass is 16.4. The van der Waals surface area contributed by atoms with Gasteiger partial charge in [0.05, 0.1) is 6.42 Å². The zero-order chi connectivity index (χ0) is 19.7. The Kier molecular flexibility index (Phi) is 5.01. The van der Waals surface area contributed by atoms with Crippen LogP contribution in [0.5, 0.6) is 0 Å². The summed E-state index contributed by atoms with van der Waals surface area (Å²) in [6.45, 7) is 4.32. The number of benzene rings is 2. The molecule has 0 bridgehead atoms. The molecule has 0 fully saturated rings. The molecule has 28 heavy (non-hydrogen) atoms. The predicted molar refractivity (Wildman–Crippen MR) is 114 cm³/mol. The van der Waals surface area contributed by atoms with Gasteiger partial charge >= 0.3 is 5.97 Å². The summed E-state index contributed by atoms with van der Waals surface area (Å²) in [5.41, 5.74) is 6.12. The van der Waals surface area contributed by atoms with Gasteiger partial charge < -0.3 is 10.1 Å². The molecule has 0 aliphatic heterocycles. The van der Waals surface area contributed by atoms with Gasteiger partial charge in [-0.25, -0.2) is 0 Å². The molecule has 1 unspecified atom stereocenters. The number of carboxylic acids is 1. The van der Waals surface area contributed by atoms with Gasteiger partial charge in [0.15, 0.2) is 0 Å². The molecule has 2 aromatic carbocycles. The molecule has 2 atom stereocenters. The Bertz CT molecular complexity index is 988. The van der Waals surface area contributed by atoms with E-state index in [-0.39, 0.29) is 11.8 Å². The van der Waals surface area contributed by atoms with Gasteiger partial charge in [-0.2, -0.15) is 0 Å². The van der Waals surface area contributed by atoms with Crippen molar-refractivity contribution in [2.75, 3.05) is 0 Å². The summed E-state index contributed by atoms with van der Waals surface area (Å²) in [5, 5.41) is 10.9. The number of nitrogens with one attached hydrogen (secondary N) is 1. The molecule has 0 amide bonds. The van der Waals surface area contributed by atoms with Gasteiger partial charge in [0.25, 0.3) is 0 Å². The molecule has 3 heteroatoms. The SMILES string of the molecule is CCc1cccc2c3c([nH]c12)C(CC)(CC(=O)O)CC[C@H]3Cc1ccccc1. The van der Waals surface area contributed by atoms with E-state index in [1.807, 2.05) is 0 Å². The summed E-state index contributed by atoms with van der Waals surface area (Å²) in [6, 6.07) is 17.2. The molecule has 1 aliphatic carbocycles. The molecule has 4 rings (SSSR count). The van der Waals surface area contributed by atoms with E-state index in [0.717, 1.165) is 32.1 Å². The average Bonchev–Trinajstić information content (AvgIpc) is 3.11. The Balaban J connectivity index is 1.90. The van der Waals surface area contributed by atoms with E-state index in [0.29, 0.717) is 5.92 Å². The quantitative estimate of drug-likeness (QED) is 0.557. The molecule has 1 aliphatic rings. The number of aliphatic carboxylic acids is 1. The summed E-state index contributed by atoms with van der Waals surface area (Å²) in [6.07, 6.45) is 4.98. The van der Waals surface area contributed by atoms with E-state index in [2.05, 4.69) is 67.4 Å². The largest absolute Gasteiger partial charge is 0.481 e. The number of aromatic amines is 1. The monoisotopic (exact) mass is 375 g/mol. The van der Waals surface area contributed by atoms with E-state index in [1.165, 1.54) is 33.3 Å². The molecule has 146 valence electrons. The Labute approximate surface area is 166 Å². The van der Waals surface area contributed by atoms with E-state index in [9.17, 15) is 9.90 Å².